The van der Waals surface area contributed by atoms with Gasteiger partial charge in [0.2, 0.25) is 0 Å². The molecule has 2 atom stereocenters. The second kappa shape index (κ2) is 15.1. The Morgan fingerprint density at radius 1 is 0.833 bits per heavy atom. The molecule has 0 fully saturated rings. The van der Waals surface area contributed by atoms with E-state index in [0.29, 0.717) is 38.4 Å². The van der Waals surface area contributed by atoms with Gasteiger partial charge >= 0.3 is 15.6 Å². The fraction of sp³-hybridized carbons (Fsp3) is 1.00. The van der Waals surface area contributed by atoms with Crippen LogP contribution in [0.2, 0.25) is 0 Å². The van der Waals surface area contributed by atoms with Crippen molar-refractivity contribution in [2.24, 2.45) is 11.8 Å². The van der Waals surface area contributed by atoms with Crippen LogP contribution in [0, 0.1) is 11.8 Å². The minimum Gasteiger partial charge on any atom is -0.381 e. The molecule has 2 unspecified atom stereocenters. The molecule has 0 aliphatic carbocycles. The molecular formula is C19H42O9P2. The standard InChI is InChI=1S/C19H42O9P2/c1-5-17(15-18(6-2)16-27-29(20,21)22)11-14-26-13-10-9-12-19(7-3,8-4)28-30(23,24)25/h17-18H,5-16H2,1-4H3,(H2,20,21,22)(H2,23,24,25). The predicted molar refractivity (Wildman–Crippen MR) is 116 cm³/mol. The molecule has 0 saturated heterocycles. The molecule has 0 radical (unpaired) electrons. The highest BCUT2D eigenvalue weighted by Gasteiger charge is 2.34. The van der Waals surface area contributed by atoms with E-state index in [4.69, 9.17) is 28.8 Å². The Morgan fingerprint density at radius 2 is 1.43 bits per heavy atom. The molecule has 0 aliphatic heterocycles. The zero-order chi connectivity index (χ0) is 23.3. The Hall–Kier alpha value is 0.180. The summed E-state index contributed by atoms with van der Waals surface area (Å²) in [5.74, 6) is 0.507. The average Bonchev–Trinajstić information content (AvgIpc) is 2.66. The first-order valence-electron chi connectivity index (χ1n) is 10.9. The molecule has 182 valence electrons. The molecular weight excluding hydrogens is 434 g/mol. The number of unbranched alkanes of at least 4 members (excludes halogenated alkanes) is 1. The normalized spacial score (nSPS) is 15.3. The number of ether oxygens (including phenoxy) is 1. The molecule has 30 heavy (non-hydrogen) atoms. The third-order valence-electron chi connectivity index (χ3n) is 5.74. The molecule has 0 aromatic rings. The van der Waals surface area contributed by atoms with Gasteiger partial charge < -0.3 is 24.3 Å². The first kappa shape index (κ1) is 30.2. The highest BCUT2D eigenvalue weighted by molar-refractivity contribution is 7.46. The van der Waals surface area contributed by atoms with Gasteiger partial charge in [-0.15, -0.1) is 0 Å². The second-order valence-corrected chi connectivity index (χ2v) is 10.3. The Morgan fingerprint density at radius 3 is 1.90 bits per heavy atom. The van der Waals surface area contributed by atoms with E-state index in [1.807, 2.05) is 20.8 Å². The van der Waals surface area contributed by atoms with Gasteiger partial charge in [0, 0.05) is 13.2 Å². The minimum absolute atomic E-state index is 0.0609. The van der Waals surface area contributed by atoms with Gasteiger partial charge in [0.25, 0.3) is 0 Å². The van der Waals surface area contributed by atoms with Crippen molar-refractivity contribution in [3.05, 3.63) is 0 Å². The lowest BCUT2D eigenvalue weighted by Crippen LogP contribution is -2.30. The van der Waals surface area contributed by atoms with Gasteiger partial charge in [-0.1, -0.05) is 40.5 Å². The van der Waals surface area contributed by atoms with Crippen molar-refractivity contribution in [3.63, 3.8) is 0 Å². The van der Waals surface area contributed by atoms with Crippen molar-refractivity contribution in [2.75, 3.05) is 19.8 Å². The summed E-state index contributed by atoms with van der Waals surface area (Å²) < 4.78 is 37.5. The zero-order valence-corrected chi connectivity index (χ0v) is 20.7. The molecule has 0 spiro atoms. The molecule has 0 heterocycles. The molecule has 0 aliphatic rings. The van der Waals surface area contributed by atoms with E-state index >= 15 is 0 Å². The SMILES string of the molecule is CCC(CCOCCCCC(CC)(CC)OP(=O)(O)O)CC(CC)COP(=O)(O)O. The van der Waals surface area contributed by atoms with E-state index in [1.165, 1.54) is 0 Å². The van der Waals surface area contributed by atoms with Gasteiger partial charge in [-0.2, -0.15) is 0 Å². The van der Waals surface area contributed by atoms with Gasteiger partial charge in [0.05, 0.1) is 12.2 Å². The third-order valence-corrected chi connectivity index (χ3v) is 6.85. The van der Waals surface area contributed by atoms with Gasteiger partial charge in [0.15, 0.2) is 0 Å². The number of hydrogen-bond acceptors (Lipinski definition) is 5. The van der Waals surface area contributed by atoms with Crippen molar-refractivity contribution in [2.45, 2.75) is 91.1 Å². The maximum Gasteiger partial charge on any atom is 0.470 e. The van der Waals surface area contributed by atoms with Crippen LogP contribution >= 0.6 is 15.6 Å². The largest absolute Gasteiger partial charge is 0.470 e. The van der Waals surface area contributed by atoms with Crippen LogP contribution in [0.1, 0.15) is 85.5 Å². The topological polar surface area (TPSA) is 143 Å². The highest BCUT2D eigenvalue weighted by Crippen LogP contribution is 2.45. The summed E-state index contributed by atoms with van der Waals surface area (Å²) in [6, 6.07) is 0. The summed E-state index contributed by atoms with van der Waals surface area (Å²) in [7, 11) is -8.94. The molecule has 0 bridgehead atoms. The van der Waals surface area contributed by atoms with E-state index in [2.05, 4.69) is 11.4 Å². The van der Waals surface area contributed by atoms with Crippen LogP contribution in [0.4, 0.5) is 0 Å². The van der Waals surface area contributed by atoms with E-state index in [-0.39, 0.29) is 12.5 Å². The third kappa shape index (κ3) is 15.1. The summed E-state index contributed by atoms with van der Waals surface area (Å²) in [5, 5.41) is 0. The first-order chi connectivity index (χ1) is 13.9. The van der Waals surface area contributed by atoms with Crippen molar-refractivity contribution in [1.82, 2.24) is 0 Å². The predicted octanol–water partition coefficient (Wildman–Crippen LogP) is 4.78. The number of hydrogen-bond donors (Lipinski definition) is 4. The Bertz CT molecular complexity index is 528. The summed E-state index contributed by atoms with van der Waals surface area (Å²) in [6.45, 7) is 9.07. The smallest absolute Gasteiger partial charge is 0.381 e. The van der Waals surface area contributed by atoms with Crippen molar-refractivity contribution < 1.29 is 42.5 Å². The van der Waals surface area contributed by atoms with E-state index in [0.717, 1.165) is 38.5 Å². The summed E-state index contributed by atoms with van der Waals surface area (Å²) >= 11 is 0. The summed E-state index contributed by atoms with van der Waals surface area (Å²) in [5.41, 5.74) is -0.795. The molecule has 4 N–H and O–H groups in total. The monoisotopic (exact) mass is 476 g/mol. The molecule has 0 saturated carbocycles. The summed E-state index contributed by atoms with van der Waals surface area (Å²) in [6.07, 6.45) is 6.67. The number of phosphoric ester groups is 2. The van der Waals surface area contributed by atoms with E-state index in [9.17, 15) is 9.13 Å². The van der Waals surface area contributed by atoms with Gasteiger partial charge in [-0.05, 0) is 56.8 Å². The fourth-order valence-corrected chi connectivity index (χ4v) is 4.81. The second-order valence-electron chi connectivity index (χ2n) is 7.90. The van der Waals surface area contributed by atoms with Crippen LogP contribution in [0.25, 0.3) is 0 Å². The summed E-state index contributed by atoms with van der Waals surface area (Å²) in [4.78, 5) is 36.0. The highest BCUT2D eigenvalue weighted by atomic mass is 31.2. The lowest BCUT2D eigenvalue weighted by atomic mass is 9.89. The van der Waals surface area contributed by atoms with Crippen LogP contribution in [0.15, 0.2) is 0 Å². The van der Waals surface area contributed by atoms with Crippen LogP contribution in [-0.4, -0.2) is 45.0 Å². The molecule has 0 aromatic heterocycles. The van der Waals surface area contributed by atoms with Crippen LogP contribution in [-0.2, 0) is 22.9 Å². The van der Waals surface area contributed by atoms with Gasteiger partial charge in [-0.25, -0.2) is 9.13 Å². The molecule has 0 aromatic carbocycles. The fourth-order valence-electron chi connectivity index (χ4n) is 3.55. The van der Waals surface area contributed by atoms with E-state index < -0.39 is 21.2 Å². The minimum atomic E-state index is -4.51. The van der Waals surface area contributed by atoms with Gasteiger partial charge in [-0.3, -0.25) is 9.05 Å². The Labute approximate surface area is 181 Å². The van der Waals surface area contributed by atoms with Crippen LogP contribution in [0.3, 0.4) is 0 Å². The molecule has 0 rings (SSSR count). The van der Waals surface area contributed by atoms with Crippen LogP contribution < -0.4 is 0 Å². The Balaban J connectivity index is 4.16. The molecule has 9 nitrogen and oxygen atoms in total. The molecule has 0 amide bonds. The lowest BCUT2D eigenvalue weighted by Gasteiger charge is -2.31. The van der Waals surface area contributed by atoms with Crippen molar-refractivity contribution >= 4 is 15.6 Å². The molecule has 11 heteroatoms. The maximum atomic E-state index is 11.2. The quantitative estimate of drug-likeness (QED) is 0.153. The number of phosphoric acid groups is 2. The Kier molecular flexibility index (Phi) is 15.2. The van der Waals surface area contributed by atoms with Crippen molar-refractivity contribution in [1.29, 1.82) is 0 Å². The van der Waals surface area contributed by atoms with Crippen molar-refractivity contribution in [3.8, 4) is 0 Å². The maximum absolute atomic E-state index is 11.2. The van der Waals surface area contributed by atoms with Crippen LogP contribution in [0.5, 0.6) is 0 Å². The first-order valence-corrected chi connectivity index (χ1v) is 14.0. The van der Waals surface area contributed by atoms with Gasteiger partial charge in [0.1, 0.15) is 0 Å². The zero-order valence-electron chi connectivity index (χ0n) is 18.9. The average molecular weight is 476 g/mol. The van der Waals surface area contributed by atoms with E-state index in [1.54, 1.807) is 0 Å². The lowest BCUT2D eigenvalue weighted by molar-refractivity contribution is 0.0151. The number of rotatable bonds is 19.